The van der Waals surface area contributed by atoms with E-state index in [2.05, 4.69) is 70.8 Å². The molecule has 0 saturated heterocycles. The van der Waals surface area contributed by atoms with E-state index in [1.54, 1.807) is 59.2 Å². The third-order valence-electron chi connectivity index (χ3n) is 14.0. The Morgan fingerprint density at radius 1 is 0.647 bits per heavy atom. The van der Waals surface area contributed by atoms with Gasteiger partial charge in [-0.25, -0.2) is 4.98 Å². The van der Waals surface area contributed by atoms with Gasteiger partial charge in [0.15, 0.2) is 0 Å². The Kier molecular flexibility index (Phi) is 8.81. The number of nitrogens with zero attached hydrogens (tertiary/aromatic N) is 3. The normalized spacial score (nSPS) is 17.2. The van der Waals surface area contributed by atoms with Gasteiger partial charge in [-0.15, -0.1) is 29.3 Å². The molecule has 354 valence electrons. The number of phenolic OH excluding ortho intramolecular Hbond substituents is 1. The Morgan fingerprint density at radius 3 is 1.90 bits per heavy atom. The summed E-state index contributed by atoms with van der Waals surface area (Å²) in [5.41, 5.74) is -1.43. The van der Waals surface area contributed by atoms with Crippen LogP contribution in [0.5, 0.6) is 5.75 Å². The molecular weight excluding hydrogens is 1010 g/mol. The Labute approximate surface area is 448 Å². The third kappa shape index (κ3) is 9.43. The molecule has 5 heteroatoms. The monoisotopic (exact) mass is 1100 g/mol. The molecule has 0 radical (unpaired) electrons. The molecule has 1 N–H and O–H groups in total. The number of hydrogen-bond acceptors (Lipinski definition) is 3. The predicted molar refractivity (Wildman–Crippen MR) is 285 cm³/mol. The molecule has 0 saturated carbocycles. The van der Waals surface area contributed by atoms with Gasteiger partial charge in [-0.05, 0) is 135 Å². The summed E-state index contributed by atoms with van der Waals surface area (Å²) in [6, 6.07) is 24.1. The van der Waals surface area contributed by atoms with E-state index in [0.717, 1.165) is 47.9 Å². The number of para-hydroxylation sites is 2. The number of benzene rings is 6. The average molecular weight is 1100 g/mol. The number of fused-ring (bicyclic) bond motifs is 1. The van der Waals surface area contributed by atoms with Crippen LogP contribution in [0.2, 0.25) is 0 Å². The minimum Gasteiger partial charge on any atom is -0.507 e. The van der Waals surface area contributed by atoms with Crippen molar-refractivity contribution < 1.29 is 52.2 Å². The SMILES string of the molecule is [2H]c1nc(-c2[c-]c(-c3cccc4c3nc(-c3ccccc3O)n4-c3ccc(-c4c(C(C)(CC)CC)cccc4C(C)(CC)CC)cc3C([2H])([2H])[2H])cc(C(C)(C)C)c2)c([2H])c(-c2c([2H])c([2H])c(C(C([2H])([2H])[2H])(C([2H])([2H])[2H])C([2H])([2H])[2H])c([2H])c2[2H])c1[2H].[Pt]. The molecule has 0 aliphatic heterocycles. The molecule has 4 nitrogen and oxygen atoms in total. The van der Waals surface area contributed by atoms with Crippen LogP contribution in [0.3, 0.4) is 0 Å². The fourth-order valence-electron chi connectivity index (χ4n) is 8.89. The number of pyridine rings is 1. The zero-order valence-electron chi connectivity index (χ0n) is 59.1. The van der Waals surface area contributed by atoms with Crippen LogP contribution in [-0.2, 0) is 42.7 Å². The van der Waals surface area contributed by atoms with E-state index in [-0.39, 0.29) is 71.5 Å². The van der Waals surface area contributed by atoms with Crippen LogP contribution < -0.4 is 0 Å². The first-order valence-corrected chi connectivity index (χ1v) is 23.0. The van der Waals surface area contributed by atoms with Crippen LogP contribution in [0.15, 0.2) is 133 Å². The van der Waals surface area contributed by atoms with Crippen molar-refractivity contribution in [2.45, 2.75) is 137 Å². The fraction of sp³-hybridized carbons (Fsp3) is 0.333. The van der Waals surface area contributed by atoms with E-state index in [4.69, 9.17) is 22.8 Å². The van der Waals surface area contributed by atoms with Gasteiger partial charge in [0.25, 0.3) is 0 Å². The molecule has 8 rings (SSSR count). The second kappa shape index (κ2) is 19.4. The molecule has 2 heterocycles. The molecule has 2 aromatic heterocycles. The van der Waals surface area contributed by atoms with Crippen molar-refractivity contribution in [3.63, 3.8) is 0 Å². The second-order valence-electron chi connectivity index (χ2n) is 19.1. The van der Waals surface area contributed by atoms with Crippen molar-refractivity contribution in [1.29, 1.82) is 0 Å². The molecular formula is C63H70N3OPt-. The standard InChI is InChI=1S/C63H70N3O.Pt/c1-14-62(12,15-2)51-24-21-25-52(63(13,16-3)17-4)57(51)44-30-33-54(41(5)36-44)66-55-26-20-23-49(58(55)65-59(66)50-22-18-19-27-56(50)67)45-37-46(39-48(38-45)61(9,10)11)53-40-43(34-35-64-53)42-28-31-47(32-29-42)60(6,7)8;/h18-36,38-40,67H,14-17H2,1-13H3;/q-1;/i5D3,6D3,7D3,8D3,28D,29D,31D,32D,34D,35D,40D;. The summed E-state index contributed by atoms with van der Waals surface area (Å²) in [6.45, 7) is 4.39. The summed E-state index contributed by atoms with van der Waals surface area (Å²) in [5, 5.41) is 11.6. The zero-order chi connectivity index (χ0) is 64.1. The summed E-state index contributed by atoms with van der Waals surface area (Å²) in [5.74, 6) is 0.0728. The van der Waals surface area contributed by atoms with Crippen LogP contribution >= 0.6 is 0 Å². The second-order valence-corrected chi connectivity index (χ2v) is 19.1. The van der Waals surface area contributed by atoms with Gasteiger partial charge in [-0.2, -0.15) is 0 Å². The van der Waals surface area contributed by atoms with E-state index in [1.165, 1.54) is 6.07 Å². The first kappa shape index (κ1) is 30.8. The summed E-state index contributed by atoms with van der Waals surface area (Å²) >= 11 is 0. The van der Waals surface area contributed by atoms with E-state index in [9.17, 15) is 13.3 Å². The molecule has 0 unspecified atom stereocenters. The number of aromatic hydroxyl groups is 1. The number of aromatic nitrogens is 3. The topological polar surface area (TPSA) is 50.9 Å². The summed E-state index contributed by atoms with van der Waals surface area (Å²) in [6.07, 6.45) is 2.59. The van der Waals surface area contributed by atoms with Gasteiger partial charge in [-0.1, -0.05) is 173 Å². The van der Waals surface area contributed by atoms with Gasteiger partial charge < -0.3 is 5.11 Å². The Bertz CT molecular complexity index is 3850. The summed E-state index contributed by atoms with van der Waals surface area (Å²) in [7, 11) is 0. The van der Waals surface area contributed by atoms with E-state index in [0.29, 0.717) is 27.7 Å². The van der Waals surface area contributed by atoms with Crippen LogP contribution in [0.1, 0.15) is 162 Å². The van der Waals surface area contributed by atoms with Gasteiger partial charge in [-0.3, -0.25) is 9.55 Å². The van der Waals surface area contributed by atoms with E-state index in [1.807, 2.05) is 32.9 Å². The zero-order valence-corrected chi connectivity index (χ0v) is 42.4. The van der Waals surface area contributed by atoms with Gasteiger partial charge in [0.05, 0.1) is 31.9 Å². The molecule has 0 bridgehead atoms. The minimum atomic E-state index is -3.95. The molecule has 0 aliphatic carbocycles. The van der Waals surface area contributed by atoms with Crippen LogP contribution in [0, 0.1) is 12.9 Å². The maximum absolute atomic E-state index is 11.6. The smallest absolute Gasteiger partial charge is 0.148 e. The Balaban J connectivity index is 0.0000108. The van der Waals surface area contributed by atoms with Crippen LogP contribution in [0.4, 0.5) is 0 Å². The van der Waals surface area contributed by atoms with Crippen molar-refractivity contribution >= 4 is 11.0 Å². The third-order valence-corrected chi connectivity index (χ3v) is 14.0. The Morgan fingerprint density at radius 2 is 1.28 bits per heavy atom. The Hall–Kier alpha value is -5.57. The van der Waals surface area contributed by atoms with Crippen molar-refractivity contribution in [2.24, 2.45) is 0 Å². The molecule has 8 aromatic rings. The van der Waals surface area contributed by atoms with Gasteiger partial charge in [0.2, 0.25) is 0 Å². The average Bonchev–Trinajstić information content (AvgIpc) is 1.08. The number of imidazole rings is 1. The number of aryl methyl sites for hydroxylation is 1. The van der Waals surface area contributed by atoms with Gasteiger partial charge >= 0.3 is 0 Å². The van der Waals surface area contributed by atoms with E-state index >= 15 is 0 Å². The number of rotatable bonds is 12. The van der Waals surface area contributed by atoms with Crippen LogP contribution in [0.25, 0.3) is 72.7 Å². The summed E-state index contributed by atoms with van der Waals surface area (Å²) in [4.78, 5) is 9.60. The molecule has 0 aliphatic rings. The maximum Gasteiger partial charge on any atom is 0.148 e. The molecule has 0 amide bonds. The van der Waals surface area contributed by atoms with Crippen LogP contribution in [-0.4, -0.2) is 19.6 Å². The molecule has 6 aromatic carbocycles. The van der Waals surface area contributed by atoms with Crippen molar-refractivity contribution in [3.05, 3.63) is 167 Å². The molecule has 68 heavy (non-hydrogen) atoms. The number of hydrogen-bond donors (Lipinski definition) is 1. The molecule has 0 atom stereocenters. The van der Waals surface area contributed by atoms with Gasteiger partial charge in [0, 0.05) is 49.4 Å². The summed E-state index contributed by atoms with van der Waals surface area (Å²) < 4.78 is 168. The van der Waals surface area contributed by atoms with E-state index < -0.39 is 97.4 Å². The van der Waals surface area contributed by atoms with Crippen molar-refractivity contribution in [1.82, 2.24) is 14.5 Å². The maximum atomic E-state index is 11.6. The first-order chi connectivity index (χ1) is 39.7. The predicted octanol–water partition coefficient (Wildman–Crippen LogP) is 17.3. The quantitative estimate of drug-likeness (QED) is 0.124. The number of phenols is 1. The fourth-order valence-corrected chi connectivity index (χ4v) is 8.89. The largest absolute Gasteiger partial charge is 0.507 e. The van der Waals surface area contributed by atoms with Crippen molar-refractivity contribution in [2.75, 3.05) is 0 Å². The molecule has 0 spiro atoms. The van der Waals surface area contributed by atoms with Gasteiger partial charge in [0.1, 0.15) is 11.6 Å². The molecule has 0 fully saturated rings. The first-order valence-electron chi connectivity index (χ1n) is 32.5. The van der Waals surface area contributed by atoms with Crippen molar-refractivity contribution in [3.8, 4) is 67.5 Å². The minimum absolute atomic E-state index is 0.